The Morgan fingerprint density at radius 3 is 2.74 bits per heavy atom. The number of benzene rings is 1. The first kappa shape index (κ1) is 13.5. The lowest BCUT2D eigenvalue weighted by Gasteiger charge is -2.15. The van der Waals surface area contributed by atoms with Gasteiger partial charge in [0.1, 0.15) is 18.5 Å². The third-order valence-corrected chi connectivity index (χ3v) is 2.68. The second-order valence-corrected chi connectivity index (χ2v) is 3.96. The highest BCUT2D eigenvalue weighted by atomic mass is 16.5. The number of aromatic nitrogens is 2. The standard InChI is InChI=1S/C14H16N2O3/c1-18-8-9-19-13-5-3-2-4-12(13)14(17)11-6-7-15-16-10-11/h2-7,10,14,17H,8-9H2,1H3. The highest BCUT2D eigenvalue weighted by Crippen LogP contribution is 2.29. The summed E-state index contributed by atoms with van der Waals surface area (Å²) in [5.74, 6) is 0.642. The lowest BCUT2D eigenvalue weighted by molar-refractivity contribution is 0.142. The van der Waals surface area contributed by atoms with E-state index in [1.165, 1.54) is 6.20 Å². The topological polar surface area (TPSA) is 64.5 Å². The summed E-state index contributed by atoms with van der Waals surface area (Å²) in [5, 5.41) is 17.8. The smallest absolute Gasteiger partial charge is 0.125 e. The zero-order valence-corrected chi connectivity index (χ0v) is 10.7. The fourth-order valence-electron chi connectivity index (χ4n) is 1.72. The predicted molar refractivity (Wildman–Crippen MR) is 69.9 cm³/mol. The molecule has 5 heteroatoms. The van der Waals surface area contributed by atoms with E-state index in [1.807, 2.05) is 24.3 Å². The molecule has 0 bridgehead atoms. The maximum Gasteiger partial charge on any atom is 0.125 e. The first-order valence-electron chi connectivity index (χ1n) is 5.98. The van der Waals surface area contributed by atoms with E-state index in [-0.39, 0.29) is 0 Å². The first-order chi connectivity index (χ1) is 9.33. The van der Waals surface area contributed by atoms with Gasteiger partial charge >= 0.3 is 0 Å². The second kappa shape index (κ2) is 6.82. The van der Waals surface area contributed by atoms with Crippen LogP contribution in [0.4, 0.5) is 0 Å². The van der Waals surface area contributed by atoms with Crippen LogP contribution in [0.15, 0.2) is 42.7 Å². The van der Waals surface area contributed by atoms with Crippen LogP contribution >= 0.6 is 0 Å². The van der Waals surface area contributed by atoms with Gasteiger partial charge in [0.25, 0.3) is 0 Å². The molecule has 0 saturated carbocycles. The Labute approximate surface area is 111 Å². The van der Waals surface area contributed by atoms with Gasteiger partial charge in [0.05, 0.1) is 12.8 Å². The highest BCUT2D eigenvalue weighted by molar-refractivity contribution is 5.39. The molecular formula is C14H16N2O3. The molecule has 2 rings (SSSR count). The van der Waals surface area contributed by atoms with E-state index in [0.29, 0.717) is 30.1 Å². The molecule has 0 radical (unpaired) electrons. The molecule has 1 aromatic heterocycles. The molecule has 0 aliphatic carbocycles. The highest BCUT2D eigenvalue weighted by Gasteiger charge is 2.15. The van der Waals surface area contributed by atoms with Gasteiger partial charge in [-0.2, -0.15) is 10.2 Å². The number of methoxy groups -OCH3 is 1. The fourth-order valence-corrected chi connectivity index (χ4v) is 1.72. The first-order valence-corrected chi connectivity index (χ1v) is 5.98. The van der Waals surface area contributed by atoms with Crippen LogP contribution < -0.4 is 4.74 Å². The van der Waals surface area contributed by atoms with Crippen LogP contribution in [0, 0.1) is 0 Å². The summed E-state index contributed by atoms with van der Waals surface area (Å²) in [6.07, 6.45) is 2.30. The molecule has 1 aromatic carbocycles. The maximum absolute atomic E-state index is 10.4. The molecule has 100 valence electrons. The minimum Gasteiger partial charge on any atom is -0.491 e. The number of nitrogens with zero attached hydrogens (tertiary/aromatic N) is 2. The molecule has 0 saturated heterocycles. The van der Waals surface area contributed by atoms with Gasteiger partial charge in [0.2, 0.25) is 0 Å². The monoisotopic (exact) mass is 260 g/mol. The van der Waals surface area contributed by atoms with Crippen molar-refractivity contribution in [2.45, 2.75) is 6.10 Å². The van der Waals surface area contributed by atoms with Gasteiger partial charge in [-0.3, -0.25) is 0 Å². The van der Waals surface area contributed by atoms with Crippen LogP contribution in [-0.4, -0.2) is 35.6 Å². The van der Waals surface area contributed by atoms with Gasteiger partial charge in [0.15, 0.2) is 0 Å². The number of hydrogen-bond acceptors (Lipinski definition) is 5. The Balaban J connectivity index is 2.19. The molecule has 5 nitrogen and oxygen atoms in total. The van der Waals surface area contributed by atoms with Crippen LogP contribution in [0.1, 0.15) is 17.2 Å². The average Bonchev–Trinajstić information content (AvgIpc) is 2.48. The Kier molecular flexibility index (Phi) is 4.83. The van der Waals surface area contributed by atoms with Gasteiger partial charge in [0, 0.05) is 24.4 Å². The molecule has 19 heavy (non-hydrogen) atoms. The molecule has 1 unspecified atom stereocenters. The molecule has 0 aliphatic heterocycles. The third-order valence-electron chi connectivity index (χ3n) is 2.68. The number of aliphatic hydroxyl groups is 1. The van der Waals surface area contributed by atoms with Gasteiger partial charge in [-0.15, -0.1) is 0 Å². The van der Waals surface area contributed by atoms with Crippen LogP contribution in [0.3, 0.4) is 0 Å². The van der Waals surface area contributed by atoms with Gasteiger partial charge in [-0.1, -0.05) is 18.2 Å². The molecule has 2 aromatic rings. The molecule has 0 amide bonds. The van der Waals surface area contributed by atoms with Gasteiger partial charge in [-0.25, -0.2) is 0 Å². The average molecular weight is 260 g/mol. The van der Waals surface area contributed by atoms with E-state index >= 15 is 0 Å². The molecule has 1 heterocycles. The zero-order chi connectivity index (χ0) is 13.5. The van der Waals surface area contributed by atoms with Crippen molar-refractivity contribution in [3.63, 3.8) is 0 Å². The maximum atomic E-state index is 10.4. The molecule has 0 aliphatic rings. The predicted octanol–water partition coefficient (Wildman–Crippen LogP) is 1.58. The summed E-state index contributed by atoms with van der Waals surface area (Å²) in [7, 11) is 1.62. The van der Waals surface area contributed by atoms with Crippen molar-refractivity contribution in [3.05, 3.63) is 53.9 Å². The normalized spacial score (nSPS) is 12.1. The Morgan fingerprint density at radius 1 is 1.16 bits per heavy atom. The van der Waals surface area contributed by atoms with Crippen molar-refractivity contribution in [1.82, 2.24) is 10.2 Å². The summed E-state index contributed by atoms with van der Waals surface area (Å²) >= 11 is 0. The van der Waals surface area contributed by atoms with E-state index in [4.69, 9.17) is 9.47 Å². The quantitative estimate of drug-likeness (QED) is 0.799. The summed E-state index contributed by atoms with van der Waals surface area (Å²) in [5.41, 5.74) is 1.38. The largest absolute Gasteiger partial charge is 0.491 e. The second-order valence-electron chi connectivity index (χ2n) is 3.96. The minimum absolute atomic E-state index is 0.439. The Bertz CT molecular complexity index is 505. The van der Waals surface area contributed by atoms with Crippen molar-refractivity contribution in [2.24, 2.45) is 0 Å². The lowest BCUT2D eigenvalue weighted by Crippen LogP contribution is -2.08. The Morgan fingerprint density at radius 2 is 2.00 bits per heavy atom. The van der Waals surface area contributed by atoms with Gasteiger partial charge < -0.3 is 14.6 Å². The number of para-hydroxylation sites is 1. The van der Waals surface area contributed by atoms with E-state index in [1.54, 1.807) is 19.4 Å². The van der Waals surface area contributed by atoms with Crippen LogP contribution in [0.2, 0.25) is 0 Å². The molecule has 0 fully saturated rings. The van der Waals surface area contributed by atoms with E-state index < -0.39 is 6.10 Å². The van der Waals surface area contributed by atoms with E-state index in [2.05, 4.69) is 10.2 Å². The van der Waals surface area contributed by atoms with Crippen molar-refractivity contribution in [1.29, 1.82) is 0 Å². The summed E-state index contributed by atoms with van der Waals surface area (Å²) in [4.78, 5) is 0. The number of ether oxygens (including phenoxy) is 2. The van der Waals surface area contributed by atoms with Gasteiger partial charge in [-0.05, 0) is 12.1 Å². The minimum atomic E-state index is -0.783. The van der Waals surface area contributed by atoms with Crippen molar-refractivity contribution < 1.29 is 14.6 Å². The van der Waals surface area contributed by atoms with Crippen LogP contribution in [-0.2, 0) is 4.74 Å². The molecular weight excluding hydrogens is 244 g/mol. The number of rotatable bonds is 6. The van der Waals surface area contributed by atoms with Crippen LogP contribution in [0.5, 0.6) is 5.75 Å². The summed E-state index contributed by atoms with van der Waals surface area (Å²) < 4.78 is 10.5. The van der Waals surface area contributed by atoms with E-state index in [0.717, 1.165) is 0 Å². The van der Waals surface area contributed by atoms with Crippen LogP contribution in [0.25, 0.3) is 0 Å². The summed E-state index contributed by atoms with van der Waals surface area (Å²) in [6.45, 7) is 0.941. The molecule has 1 N–H and O–H groups in total. The van der Waals surface area contributed by atoms with Crippen molar-refractivity contribution in [2.75, 3.05) is 20.3 Å². The number of aliphatic hydroxyl groups excluding tert-OH is 1. The SMILES string of the molecule is COCCOc1ccccc1C(O)c1ccnnc1. The third kappa shape index (κ3) is 3.49. The zero-order valence-electron chi connectivity index (χ0n) is 10.7. The fraction of sp³-hybridized carbons (Fsp3) is 0.286. The van der Waals surface area contributed by atoms with E-state index in [9.17, 15) is 5.11 Å². The van der Waals surface area contributed by atoms with Crippen molar-refractivity contribution in [3.8, 4) is 5.75 Å². The number of hydrogen-bond donors (Lipinski definition) is 1. The van der Waals surface area contributed by atoms with Crippen molar-refractivity contribution >= 4 is 0 Å². The summed E-state index contributed by atoms with van der Waals surface area (Å²) in [6, 6.07) is 9.10. The molecule has 1 atom stereocenters. The molecule has 0 spiro atoms. The lowest BCUT2D eigenvalue weighted by atomic mass is 10.0. The Hall–Kier alpha value is -1.98.